The van der Waals surface area contributed by atoms with Gasteiger partial charge in [-0.1, -0.05) is 0 Å². The molecule has 0 aliphatic heterocycles. The van der Waals surface area contributed by atoms with E-state index in [1.165, 1.54) is 14.0 Å². The Balaban J connectivity index is 2.82. The predicted octanol–water partition coefficient (Wildman–Crippen LogP) is 1.32. The molecule has 0 atom stereocenters. The minimum absolute atomic E-state index is 0.193. The van der Waals surface area contributed by atoms with Crippen LogP contribution < -0.4 is 0 Å². The van der Waals surface area contributed by atoms with Crippen molar-refractivity contribution in [1.29, 1.82) is 0 Å². The molecule has 0 aromatic rings. The maximum atomic E-state index is 13.4. The molecule has 0 N–H and O–H groups in total. The molecule has 1 saturated carbocycles. The highest BCUT2D eigenvalue weighted by molar-refractivity contribution is 6.09. The first kappa shape index (κ1) is 13.0. The highest BCUT2D eigenvalue weighted by atomic mass is 19.3. The van der Waals surface area contributed by atoms with Crippen molar-refractivity contribution in [3.8, 4) is 0 Å². The molecular weight excluding hydrogens is 222 g/mol. The number of Topliss-reactive ketones (excluding diaryl/α,β-unsaturated/α-hetero) is 1. The maximum Gasteiger partial charge on any atom is 0.402 e. The molecule has 1 fully saturated rings. The molecule has 0 spiro atoms. The standard InChI is InChI=1S/C10H14F2O4/c1-3-16-8(14)10(11,12)7(13)9(15-2)5-4-6-9/h3-6H2,1-2H3. The van der Waals surface area contributed by atoms with Gasteiger partial charge in [0.25, 0.3) is 0 Å². The number of alkyl halides is 2. The van der Waals surface area contributed by atoms with Gasteiger partial charge in [-0.15, -0.1) is 0 Å². The van der Waals surface area contributed by atoms with Gasteiger partial charge in [-0.05, 0) is 26.2 Å². The van der Waals surface area contributed by atoms with Crippen molar-refractivity contribution in [1.82, 2.24) is 0 Å². The minimum atomic E-state index is -4.12. The monoisotopic (exact) mass is 236 g/mol. The summed E-state index contributed by atoms with van der Waals surface area (Å²) in [6.07, 6.45) is 1.08. The van der Waals surface area contributed by atoms with Crippen LogP contribution in [0.4, 0.5) is 8.78 Å². The molecule has 16 heavy (non-hydrogen) atoms. The van der Waals surface area contributed by atoms with Crippen LogP contribution in [0.15, 0.2) is 0 Å². The zero-order chi connectivity index (χ0) is 12.4. The molecule has 6 heteroatoms. The maximum absolute atomic E-state index is 13.4. The Bertz CT molecular complexity index is 292. The zero-order valence-electron chi connectivity index (χ0n) is 9.22. The topological polar surface area (TPSA) is 52.6 Å². The fourth-order valence-corrected chi connectivity index (χ4v) is 1.62. The summed E-state index contributed by atoms with van der Waals surface area (Å²) in [6.45, 7) is 1.20. The summed E-state index contributed by atoms with van der Waals surface area (Å²) >= 11 is 0. The largest absolute Gasteiger partial charge is 0.461 e. The number of ether oxygens (including phenoxy) is 2. The second-order valence-electron chi connectivity index (χ2n) is 3.68. The molecule has 92 valence electrons. The number of rotatable bonds is 5. The van der Waals surface area contributed by atoms with E-state index in [2.05, 4.69) is 4.74 Å². The predicted molar refractivity (Wildman–Crippen MR) is 50.2 cm³/mol. The second-order valence-corrected chi connectivity index (χ2v) is 3.68. The lowest BCUT2D eigenvalue weighted by Gasteiger charge is -2.39. The quantitative estimate of drug-likeness (QED) is 0.533. The van der Waals surface area contributed by atoms with E-state index in [0.717, 1.165) is 0 Å². The van der Waals surface area contributed by atoms with Crippen molar-refractivity contribution in [3.05, 3.63) is 0 Å². The van der Waals surface area contributed by atoms with Crippen molar-refractivity contribution in [2.24, 2.45) is 0 Å². The van der Waals surface area contributed by atoms with E-state index in [4.69, 9.17) is 4.74 Å². The lowest BCUT2D eigenvalue weighted by Crippen LogP contribution is -2.57. The van der Waals surface area contributed by atoms with Crippen LogP contribution in [0.25, 0.3) is 0 Å². The van der Waals surface area contributed by atoms with Gasteiger partial charge in [0.1, 0.15) is 5.60 Å². The van der Waals surface area contributed by atoms with E-state index in [1.807, 2.05) is 0 Å². The van der Waals surface area contributed by atoms with Gasteiger partial charge in [0.15, 0.2) is 0 Å². The first-order valence-electron chi connectivity index (χ1n) is 5.06. The van der Waals surface area contributed by atoms with Crippen molar-refractivity contribution >= 4 is 11.8 Å². The van der Waals surface area contributed by atoms with Gasteiger partial charge < -0.3 is 9.47 Å². The van der Waals surface area contributed by atoms with Gasteiger partial charge in [-0.2, -0.15) is 8.78 Å². The zero-order valence-corrected chi connectivity index (χ0v) is 9.22. The van der Waals surface area contributed by atoms with Crippen LogP contribution in [0.2, 0.25) is 0 Å². The van der Waals surface area contributed by atoms with Crippen molar-refractivity contribution in [3.63, 3.8) is 0 Å². The first-order chi connectivity index (χ1) is 7.40. The van der Waals surface area contributed by atoms with Gasteiger partial charge in [0.2, 0.25) is 5.78 Å². The van der Waals surface area contributed by atoms with E-state index in [9.17, 15) is 18.4 Å². The molecule has 0 radical (unpaired) electrons. The normalized spacial score (nSPS) is 18.8. The van der Waals surface area contributed by atoms with Crippen LogP contribution >= 0.6 is 0 Å². The first-order valence-corrected chi connectivity index (χ1v) is 5.06. The SMILES string of the molecule is CCOC(=O)C(F)(F)C(=O)C1(OC)CCC1. The van der Waals surface area contributed by atoms with Crippen LogP contribution in [-0.2, 0) is 19.1 Å². The molecule has 0 saturated heterocycles. The van der Waals surface area contributed by atoms with Gasteiger partial charge >= 0.3 is 11.9 Å². The lowest BCUT2D eigenvalue weighted by molar-refractivity contribution is -0.192. The summed E-state index contributed by atoms with van der Waals surface area (Å²) < 4.78 is 35.8. The Morgan fingerprint density at radius 1 is 1.38 bits per heavy atom. The summed E-state index contributed by atoms with van der Waals surface area (Å²) in [7, 11) is 1.19. The third-order valence-corrected chi connectivity index (χ3v) is 2.78. The Kier molecular flexibility index (Phi) is 3.62. The van der Waals surface area contributed by atoms with Crippen LogP contribution in [0, 0.1) is 0 Å². The van der Waals surface area contributed by atoms with E-state index < -0.39 is 23.3 Å². The fraction of sp³-hybridized carbons (Fsp3) is 0.800. The van der Waals surface area contributed by atoms with Gasteiger partial charge in [-0.3, -0.25) is 4.79 Å². The van der Waals surface area contributed by atoms with Gasteiger partial charge in [-0.25, -0.2) is 4.79 Å². The number of hydrogen-bond acceptors (Lipinski definition) is 4. The fourth-order valence-electron chi connectivity index (χ4n) is 1.62. The van der Waals surface area contributed by atoms with E-state index in [0.29, 0.717) is 6.42 Å². The molecule has 1 aliphatic carbocycles. The summed E-state index contributed by atoms with van der Waals surface area (Å²) in [6, 6.07) is 0. The molecular formula is C10H14F2O4. The number of carbonyl (C=O) groups is 2. The third kappa shape index (κ3) is 1.93. The Morgan fingerprint density at radius 3 is 2.25 bits per heavy atom. The van der Waals surface area contributed by atoms with Crippen molar-refractivity contribution in [2.45, 2.75) is 37.7 Å². The summed E-state index contributed by atoms with van der Waals surface area (Å²) in [4.78, 5) is 22.5. The highest BCUT2D eigenvalue weighted by Gasteiger charge is 2.60. The Hall–Kier alpha value is -1.04. The van der Waals surface area contributed by atoms with Crippen LogP contribution in [-0.4, -0.2) is 37.0 Å². The van der Waals surface area contributed by atoms with Crippen molar-refractivity contribution in [2.75, 3.05) is 13.7 Å². The number of carbonyl (C=O) groups excluding carboxylic acids is 2. The molecule has 0 aromatic carbocycles. The minimum Gasteiger partial charge on any atom is -0.461 e. The molecule has 4 nitrogen and oxygen atoms in total. The Morgan fingerprint density at radius 2 is 1.94 bits per heavy atom. The molecule has 0 aromatic heterocycles. The third-order valence-electron chi connectivity index (χ3n) is 2.78. The van der Waals surface area contributed by atoms with Crippen LogP contribution in [0.1, 0.15) is 26.2 Å². The Labute approximate surface area is 91.9 Å². The highest BCUT2D eigenvalue weighted by Crippen LogP contribution is 2.40. The average molecular weight is 236 g/mol. The number of methoxy groups -OCH3 is 1. The van der Waals surface area contributed by atoms with Gasteiger partial charge in [0, 0.05) is 7.11 Å². The van der Waals surface area contributed by atoms with E-state index in [1.54, 1.807) is 0 Å². The summed E-state index contributed by atoms with van der Waals surface area (Å²) in [5, 5.41) is 0. The molecule has 1 rings (SSSR count). The molecule has 0 bridgehead atoms. The molecule has 0 amide bonds. The van der Waals surface area contributed by atoms with Gasteiger partial charge in [0.05, 0.1) is 6.61 Å². The number of esters is 1. The summed E-state index contributed by atoms with van der Waals surface area (Å²) in [5.74, 6) is -7.41. The average Bonchev–Trinajstić information content (AvgIpc) is 2.17. The van der Waals surface area contributed by atoms with Crippen molar-refractivity contribution < 1.29 is 27.8 Å². The van der Waals surface area contributed by atoms with Crippen LogP contribution in [0.5, 0.6) is 0 Å². The smallest absolute Gasteiger partial charge is 0.402 e. The lowest BCUT2D eigenvalue weighted by atomic mass is 9.75. The van der Waals surface area contributed by atoms with Crippen LogP contribution in [0.3, 0.4) is 0 Å². The molecule has 0 unspecified atom stereocenters. The van der Waals surface area contributed by atoms with E-state index in [-0.39, 0.29) is 19.4 Å². The number of halogens is 2. The number of hydrogen-bond donors (Lipinski definition) is 0. The second kappa shape index (κ2) is 4.45. The summed E-state index contributed by atoms with van der Waals surface area (Å²) in [5.41, 5.74) is -1.50. The molecule has 0 heterocycles. The van der Waals surface area contributed by atoms with E-state index >= 15 is 0 Å². The molecule has 1 aliphatic rings. The number of ketones is 1.